The number of hydrogen-bond acceptors (Lipinski definition) is 4. The number of hydrogen-bond donors (Lipinski definition) is 3. The molecule has 1 saturated carbocycles. The second-order valence-corrected chi connectivity index (χ2v) is 5.41. The van der Waals surface area contributed by atoms with Crippen LogP contribution in [0.1, 0.15) is 25.7 Å². The molecule has 1 aromatic heterocycles. The zero-order chi connectivity index (χ0) is 13.9. The lowest BCUT2D eigenvalue weighted by Gasteiger charge is -2.09. The average Bonchev–Trinajstić information content (AvgIpc) is 2.93. The SMILES string of the molecule is O=C(Cn1cc(NC(=O)[C@H]2CCCN2)cn1)NC1CC1. The van der Waals surface area contributed by atoms with Crippen LogP contribution in [0.5, 0.6) is 0 Å². The van der Waals surface area contributed by atoms with Crippen molar-refractivity contribution in [1.29, 1.82) is 0 Å². The summed E-state index contributed by atoms with van der Waals surface area (Å²) in [5.41, 5.74) is 0.628. The summed E-state index contributed by atoms with van der Waals surface area (Å²) in [5.74, 6) is -0.0737. The first-order valence-electron chi connectivity index (χ1n) is 7.07. The van der Waals surface area contributed by atoms with Gasteiger partial charge in [0, 0.05) is 12.2 Å². The topological polar surface area (TPSA) is 88.1 Å². The molecule has 1 aliphatic heterocycles. The lowest BCUT2D eigenvalue weighted by molar-refractivity contribution is -0.122. The van der Waals surface area contributed by atoms with Gasteiger partial charge in [0.15, 0.2) is 0 Å². The Bertz CT molecular complexity index is 503. The first-order valence-corrected chi connectivity index (χ1v) is 7.07. The summed E-state index contributed by atoms with van der Waals surface area (Å²) in [5, 5.41) is 12.9. The van der Waals surface area contributed by atoms with Gasteiger partial charge in [0.05, 0.1) is 17.9 Å². The van der Waals surface area contributed by atoms with Crippen molar-refractivity contribution in [1.82, 2.24) is 20.4 Å². The van der Waals surface area contributed by atoms with Crippen LogP contribution in [0.2, 0.25) is 0 Å². The van der Waals surface area contributed by atoms with Crippen LogP contribution >= 0.6 is 0 Å². The Morgan fingerprint density at radius 3 is 2.95 bits per heavy atom. The Morgan fingerprint density at radius 1 is 1.40 bits per heavy atom. The fraction of sp³-hybridized carbons (Fsp3) is 0.615. The smallest absolute Gasteiger partial charge is 0.241 e. The van der Waals surface area contributed by atoms with E-state index < -0.39 is 0 Å². The highest BCUT2D eigenvalue weighted by Gasteiger charge is 2.24. The Kier molecular flexibility index (Phi) is 3.68. The predicted molar refractivity (Wildman–Crippen MR) is 73.0 cm³/mol. The van der Waals surface area contributed by atoms with Crippen molar-refractivity contribution < 1.29 is 9.59 Å². The Balaban J connectivity index is 1.50. The molecule has 3 N–H and O–H groups in total. The van der Waals surface area contributed by atoms with Gasteiger partial charge in [-0.25, -0.2) is 0 Å². The van der Waals surface area contributed by atoms with E-state index in [9.17, 15) is 9.59 Å². The van der Waals surface area contributed by atoms with Gasteiger partial charge in [-0.2, -0.15) is 5.10 Å². The maximum Gasteiger partial charge on any atom is 0.241 e. The van der Waals surface area contributed by atoms with Crippen LogP contribution in [0.25, 0.3) is 0 Å². The first kappa shape index (κ1) is 13.1. The zero-order valence-electron chi connectivity index (χ0n) is 11.3. The van der Waals surface area contributed by atoms with Crippen LogP contribution in [-0.2, 0) is 16.1 Å². The molecular weight excluding hydrogens is 258 g/mol. The average molecular weight is 277 g/mol. The third kappa shape index (κ3) is 3.36. The number of carbonyl (C=O) groups is 2. The Hall–Kier alpha value is -1.89. The van der Waals surface area contributed by atoms with Crippen molar-refractivity contribution in [2.45, 2.75) is 44.3 Å². The van der Waals surface area contributed by atoms with Crippen LogP contribution in [0.3, 0.4) is 0 Å². The first-order chi connectivity index (χ1) is 9.70. The molecule has 3 rings (SSSR count). The van der Waals surface area contributed by atoms with E-state index in [4.69, 9.17) is 0 Å². The molecule has 2 aliphatic rings. The van der Waals surface area contributed by atoms with Crippen molar-refractivity contribution in [2.24, 2.45) is 0 Å². The lowest BCUT2D eigenvalue weighted by atomic mass is 10.2. The minimum absolute atomic E-state index is 0.0362. The quantitative estimate of drug-likeness (QED) is 0.698. The summed E-state index contributed by atoms with van der Waals surface area (Å²) in [7, 11) is 0. The monoisotopic (exact) mass is 277 g/mol. The highest BCUT2D eigenvalue weighted by atomic mass is 16.2. The van der Waals surface area contributed by atoms with E-state index in [1.807, 2.05) is 0 Å². The van der Waals surface area contributed by atoms with Crippen molar-refractivity contribution in [2.75, 3.05) is 11.9 Å². The molecule has 1 aliphatic carbocycles. The van der Waals surface area contributed by atoms with Crippen molar-refractivity contribution >= 4 is 17.5 Å². The van der Waals surface area contributed by atoms with Crippen LogP contribution in [0.15, 0.2) is 12.4 Å². The predicted octanol–water partition coefficient (Wildman–Crippen LogP) is -0.148. The standard InChI is InChI=1S/C13H19N5O2/c19-12(16-9-3-4-9)8-18-7-10(6-15-18)17-13(20)11-2-1-5-14-11/h6-7,9,11,14H,1-5,8H2,(H,16,19)(H,17,20)/t11-/m1/s1. The highest BCUT2D eigenvalue weighted by molar-refractivity contribution is 5.94. The minimum Gasteiger partial charge on any atom is -0.352 e. The second kappa shape index (κ2) is 5.62. The Labute approximate surface area is 117 Å². The normalized spacial score (nSPS) is 21.7. The van der Waals surface area contributed by atoms with Gasteiger partial charge in [0.2, 0.25) is 11.8 Å². The summed E-state index contributed by atoms with van der Waals surface area (Å²) in [6, 6.07) is 0.238. The molecule has 1 saturated heterocycles. The Morgan fingerprint density at radius 2 is 2.25 bits per heavy atom. The van der Waals surface area contributed by atoms with Gasteiger partial charge in [-0.05, 0) is 32.2 Å². The third-order valence-corrected chi connectivity index (χ3v) is 3.53. The molecule has 0 radical (unpaired) electrons. The van der Waals surface area contributed by atoms with Gasteiger partial charge in [-0.1, -0.05) is 0 Å². The minimum atomic E-state index is -0.114. The van der Waals surface area contributed by atoms with E-state index in [1.54, 1.807) is 12.4 Å². The summed E-state index contributed by atoms with van der Waals surface area (Å²) >= 11 is 0. The fourth-order valence-electron chi connectivity index (χ4n) is 2.30. The number of nitrogens with zero attached hydrogens (tertiary/aromatic N) is 2. The third-order valence-electron chi connectivity index (χ3n) is 3.53. The van der Waals surface area contributed by atoms with Crippen molar-refractivity contribution in [3.63, 3.8) is 0 Å². The fourth-order valence-corrected chi connectivity index (χ4v) is 2.30. The number of aromatic nitrogens is 2. The van der Waals surface area contributed by atoms with Gasteiger partial charge in [-0.15, -0.1) is 0 Å². The summed E-state index contributed by atoms with van der Waals surface area (Å²) in [6.07, 6.45) is 7.28. The largest absolute Gasteiger partial charge is 0.352 e. The van der Waals surface area contributed by atoms with Crippen molar-refractivity contribution in [3.05, 3.63) is 12.4 Å². The van der Waals surface area contributed by atoms with Gasteiger partial charge >= 0.3 is 0 Å². The van der Waals surface area contributed by atoms with E-state index in [0.29, 0.717) is 11.7 Å². The molecular formula is C13H19N5O2. The maximum absolute atomic E-state index is 11.9. The molecule has 0 bridgehead atoms. The van der Waals surface area contributed by atoms with Crippen LogP contribution < -0.4 is 16.0 Å². The van der Waals surface area contributed by atoms with E-state index in [-0.39, 0.29) is 24.4 Å². The van der Waals surface area contributed by atoms with E-state index >= 15 is 0 Å². The second-order valence-electron chi connectivity index (χ2n) is 5.41. The molecule has 0 aromatic carbocycles. The maximum atomic E-state index is 11.9. The van der Waals surface area contributed by atoms with E-state index in [0.717, 1.165) is 32.2 Å². The molecule has 108 valence electrons. The van der Waals surface area contributed by atoms with Crippen LogP contribution in [-0.4, -0.2) is 40.2 Å². The molecule has 1 aromatic rings. The van der Waals surface area contributed by atoms with Gasteiger partial charge in [-0.3, -0.25) is 14.3 Å². The molecule has 1 atom stereocenters. The molecule has 7 heteroatoms. The molecule has 0 unspecified atom stereocenters. The number of nitrogens with one attached hydrogen (secondary N) is 3. The number of anilines is 1. The highest BCUT2D eigenvalue weighted by Crippen LogP contribution is 2.18. The van der Waals surface area contributed by atoms with Gasteiger partial charge < -0.3 is 16.0 Å². The lowest BCUT2D eigenvalue weighted by Crippen LogP contribution is -2.35. The summed E-state index contributed by atoms with van der Waals surface area (Å²) in [4.78, 5) is 23.5. The molecule has 2 fully saturated rings. The zero-order valence-corrected chi connectivity index (χ0v) is 11.3. The summed E-state index contributed by atoms with van der Waals surface area (Å²) < 4.78 is 1.54. The van der Waals surface area contributed by atoms with E-state index in [2.05, 4.69) is 21.0 Å². The molecule has 20 heavy (non-hydrogen) atoms. The molecule has 2 amide bonds. The molecule has 0 spiro atoms. The number of amides is 2. The molecule has 2 heterocycles. The number of carbonyl (C=O) groups excluding carboxylic acids is 2. The number of rotatable bonds is 5. The molecule has 7 nitrogen and oxygen atoms in total. The van der Waals surface area contributed by atoms with E-state index in [1.165, 1.54) is 4.68 Å². The summed E-state index contributed by atoms with van der Waals surface area (Å²) in [6.45, 7) is 1.08. The van der Waals surface area contributed by atoms with Crippen molar-refractivity contribution in [3.8, 4) is 0 Å². The van der Waals surface area contributed by atoms with Gasteiger partial charge in [0.25, 0.3) is 0 Å². The van der Waals surface area contributed by atoms with Crippen LogP contribution in [0, 0.1) is 0 Å². The van der Waals surface area contributed by atoms with Gasteiger partial charge in [0.1, 0.15) is 6.54 Å². The van der Waals surface area contributed by atoms with Crippen LogP contribution in [0.4, 0.5) is 5.69 Å².